The number of benzene rings is 2. The number of ether oxygens (including phenoxy) is 1. The molecule has 0 spiro atoms. The van der Waals surface area contributed by atoms with Crippen LogP contribution in [0.1, 0.15) is 31.4 Å². The molecule has 29 heavy (non-hydrogen) atoms. The van der Waals surface area contributed by atoms with Gasteiger partial charge in [-0.3, -0.25) is 4.79 Å². The van der Waals surface area contributed by atoms with Gasteiger partial charge in [0.15, 0.2) is 6.29 Å². The standard InChI is InChI=1S/C23H26N4O2/c1-3-6-22(17-8-5-9-20(15-17)29-13-12-28)27-23(7-4-2)26-19-10-11-21(25)18(14-19)16-24/h4-12,14-16,24H,3,13,25H2,1-2H3,(H,26,27)/b7-4-,22-6+,24-16?. The number of hydrogen-bond donors (Lipinski definition) is 3. The van der Waals surface area contributed by atoms with Gasteiger partial charge < -0.3 is 21.2 Å². The molecule has 2 rings (SSSR count). The third-order valence-electron chi connectivity index (χ3n) is 3.93. The molecule has 0 saturated carbocycles. The number of allylic oxidation sites excluding steroid dienone is 2. The number of nitrogens with zero attached hydrogens (tertiary/aromatic N) is 1. The van der Waals surface area contributed by atoms with E-state index in [-0.39, 0.29) is 6.61 Å². The summed E-state index contributed by atoms with van der Waals surface area (Å²) in [5.41, 5.74) is 9.51. The van der Waals surface area contributed by atoms with Crippen LogP contribution in [0.15, 0.2) is 65.7 Å². The third kappa shape index (κ3) is 6.46. The molecule has 0 saturated heterocycles. The summed E-state index contributed by atoms with van der Waals surface area (Å²) in [7, 11) is 0. The fourth-order valence-corrected chi connectivity index (χ4v) is 2.62. The second-order valence-electron chi connectivity index (χ2n) is 6.11. The number of nitrogens with one attached hydrogen (secondary N) is 2. The number of aliphatic imine (C=N–C) groups is 1. The minimum Gasteiger partial charge on any atom is -0.486 e. The van der Waals surface area contributed by atoms with Gasteiger partial charge in [-0.1, -0.05) is 31.2 Å². The Labute approximate surface area is 171 Å². The Morgan fingerprint density at radius 1 is 1.28 bits per heavy atom. The van der Waals surface area contributed by atoms with Crippen molar-refractivity contribution in [3.63, 3.8) is 0 Å². The largest absolute Gasteiger partial charge is 0.486 e. The van der Waals surface area contributed by atoms with Gasteiger partial charge in [0.25, 0.3) is 0 Å². The van der Waals surface area contributed by atoms with Crippen molar-refractivity contribution in [2.24, 2.45) is 4.99 Å². The van der Waals surface area contributed by atoms with Gasteiger partial charge in [-0.25, -0.2) is 4.99 Å². The molecule has 0 amide bonds. The van der Waals surface area contributed by atoms with Crippen LogP contribution in [0, 0.1) is 5.41 Å². The third-order valence-corrected chi connectivity index (χ3v) is 3.93. The Balaban J connectivity index is 2.38. The summed E-state index contributed by atoms with van der Waals surface area (Å²) >= 11 is 0. The van der Waals surface area contributed by atoms with Crippen LogP contribution in [0.25, 0.3) is 5.70 Å². The van der Waals surface area contributed by atoms with Gasteiger partial charge in [-0.05, 0) is 49.8 Å². The zero-order chi connectivity index (χ0) is 21.1. The van der Waals surface area contributed by atoms with E-state index in [0.29, 0.717) is 22.8 Å². The SMILES string of the molecule is C\C=C/C(=N/C(=C/CC)c1cccc(OCC=O)c1)Nc1ccc(N)c(C=N)c1. The predicted molar refractivity (Wildman–Crippen MR) is 121 cm³/mol. The van der Waals surface area contributed by atoms with Crippen LogP contribution in [0.3, 0.4) is 0 Å². The lowest BCUT2D eigenvalue weighted by Crippen LogP contribution is -2.10. The number of nitrogens with two attached hydrogens (primary N) is 1. The molecule has 0 bridgehead atoms. The van der Waals surface area contributed by atoms with E-state index >= 15 is 0 Å². The number of rotatable bonds is 9. The van der Waals surface area contributed by atoms with Crippen LogP contribution in [0.4, 0.5) is 11.4 Å². The smallest absolute Gasteiger partial charge is 0.157 e. The first-order valence-corrected chi connectivity index (χ1v) is 9.36. The van der Waals surface area contributed by atoms with Crippen molar-refractivity contribution in [1.29, 1.82) is 5.41 Å². The maximum atomic E-state index is 10.6. The number of carbonyl (C=O) groups is 1. The molecule has 6 heteroatoms. The van der Waals surface area contributed by atoms with Crippen LogP contribution < -0.4 is 15.8 Å². The molecule has 150 valence electrons. The van der Waals surface area contributed by atoms with Gasteiger partial charge >= 0.3 is 0 Å². The Morgan fingerprint density at radius 3 is 2.79 bits per heavy atom. The van der Waals surface area contributed by atoms with E-state index in [9.17, 15) is 4.79 Å². The van der Waals surface area contributed by atoms with Gasteiger partial charge in [0.05, 0.1) is 5.70 Å². The van der Waals surface area contributed by atoms with Crippen LogP contribution in [0.2, 0.25) is 0 Å². The van der Waals surface area contributed by atoms with Gasteiger partial charge in [0.2, 0.25) is 0 Å². The minimum absolute atomic E-state index is 0.0113. The lowest BCUT2D eigenvalue weighted by molar-refractivity contribution is -0.109. The van der Waals surface area contributed by atoms with Crippen molar-refractivity contribution in [2.75, 3.05) is 17.7 Å². The summed E-state index contributed by atoms with van der Waals surface area (Å²) in [6.45, 7) is 3.97. The highest BCUT2D eigenvalue weighted by molar-refractivity contribution is 6.06. The van der Waals surface area contributed by atoms with Gasteiger partial charge in [-0.15, -0.1) is 0 Å². The molecule has 0 aliphatic carbocycles. The fraction of sp³-hybridized carbons (Fsp3) is 0.174. The number of nitrogen functional groups attached to an aromatic ring is 1. The maximum Gasteiger partial charge on any atom is 0.157 e. The molecule has 2 aromatic rings. The fourth-order valence-electron chi connectivity index (χ4n) is 2.62. The van der Waals surface area contributed by atoms with Crippen molar-refractivity contribution >= 4 is 35.4 Å². The summed E-state index contributed by atoms with van der Waals surface area (Å²) in [5.74, 6) is 1.26. The number of anilines is 2. The second kappa shape index (κ2) is 11.2. The number of hydrogen-bond acceptors (Lipinski definition) is 5. The first kappa shape index (κ1) is 21.6. The average molecular weight is 390 g/mol. The molecule has 0 aliphatic heterocycles. The molecule has 0 heterocycles. The molecule has 4 N–H and O–H groups in total. The summed E-state index contributed by atoms with van der Waals surface area (Å²) in [5, 5.41) is 10.7. The van der Waals surface area contributed by atoms with Crippen molar-refractivity contribution < 1.29 is 9.53 Å². The second-order valence-corrected chi connectivity index (χ2v) is 6.11. The highest BCUT2D eigenvalue weighted by Crippen LogP contribution is 2.23. The minimum atomic E-state index is 0.0113. The van der Waals surface area contributed by atoms with Crippen molar-refractivity contribution in [2.45, 2.75) is 20.3 Å². The highest BCUT2D eigenvalue weighted by atomic mass is 16.5. The summed E-state index contributed by atoms with van der Waals surface area (Å²) in [6.07, 6.45) is 8.54. The Hall–Kier alpha value is -3.67. The monoisotopic (exact) mass is 390 g/mol. The van der Waals surface area contributed by atoms with Crippen LogP contribution in [0.5, 0.6) is 5.75 Å². The topological polar surface area (TPSA) is 101 Å². The van der Waals surface area contributed by atoms with E-state index in [4.69, 9.17) is 20.9 Å². The molecular weight excluding hydrogens is 364 g/mol. The van der Waals surface area contributed by atoms with E-state index in [0.717, 1.165) is 29.7 Å². The number of amidine groups is 1. The Bertz CT molecular complexity index is 946. The Kier molecular flexibility index (Phi) is 8.38. The molecule has 0 aliphatic rings. The molecule has 0 aromatic heterocycles. The highest BCUT2D eigenvalue weighted by Gasteiger charge is 2.06. The quantitative estimate of drug-likeness (QED) is 0.250. The van der Waals surface area contributed by atoms with Gasteiger partial charge in [0, 0.05) is 28.7 Å². The van der Waals surface area contributed by atoms with Gasteiger partial charge in [0.1, 0.15) is 18.2 Å². The molecule has 0 fully saturated rings. The van der Waals surface area contributed by atoms with Crippen LogP contribution in [-0.2, 0) is 4.79 Å². The van der Waals surface area contributed by atoms with Crippen molar-refractivity contribution in [3.8, 4) is 5.75 Å². The molecular formula is C23H26N4O2. The first-order chi connectivity index (χ1) is 14.1. The van der Waals surface area contributed by atoms with E-state index < -0.39 is 0 Å². The van der Waals surface area contributed by atoms with Gasteiger partial charge in [-0.2, -0.15) is 0 Å². The Morgan fingerprint density at radius 2 is 2.10 bits per heavy atom. The molecule has 0 radical (unpaired) electrons. The predicted octanol–water partition coefficient (Wildman–Crippen LogP) is 4.68. The number of aldehydes is 1. The summed E-state index contributed by atoms with van der Waals surface area (Å²) < 4.78 is 5.40. The maximum absolute atomic E-state index is 10.6. The van der Waals surface area contributed by atoms with Crippen LogP contribution >= 0.6 is 0 Å². The summed E-state index contributed by atoms with van der Waals surface area (Å²) in [6, 6.07) is 12.9. The lowest BCUT2D eigenvalue weighted by atomic mass is 10.1. The van der Waals surface area contributed by atoms with E-state index in [1.165, 1.54) is 6.21 Å². The molecule has 0 unspecified atom stereocenters. The zero-order valence-electron chi connectivity index (χ0n) is 16.7. The first-order valence-electron chi connectivity index (χ1n) is 9.36. The summed E-state index contributed by atoms with van der Waals surface area (Å²) in [4.78, 5) is 15.3. The molecule has 6 nitrogen and oxygen atoms in total. The van der Waals surface area contributed by atoms with E-state index in [1.807, 2.05) is 56.3 Å². The average Bonchev–Trinajstić information content (AvgIpc) is 2.73. The zero-order valence-corrected chi connectivity index (χ0v) is 16.7. The van der Waals surface area contributed by atoms with Crippen molar-refractivity contribution in [3.05, 3.63) is 71.8 Å². The van der Waals surface area contributed by atoms with E-state index in [2.05, 4.69) is 5.32 Å². The molecule has 0 atom stereocenters. The molecule has 2 aromatic carbocycles. The lowest BCUT2D eigenvalue weighted by Gasteiger charge is -2.11. The van der Waals surface area contributed by atoms with Crippen LogP contribution in [-0.4, -0.2) is 24.9 Å². The van der Waals surface area contributed by atoms with E-state index in [1.54, 1.807) is 18.2 Å². The number of carbonyl (C=O) groups excluding carboxylic acids is 1. The normalized spacial score (nSPS) is 12.1. The van der Waals surface area contributed by atoms with Crippen molar-refractivity contribution in [1.82, 2.24) is 0 Å².